The van der Waals surface area contributed by atoms with Gasteiger partial charge in [-0.3, -0.25) is 10.00 Å². The highest BCUT2D eigenvalue weighted by Gasteiger charge is 2.16. The number of urea groups is 1. The number of anilines is 1. The van der Waals surface area contributed by atoms with Gasteiger partial charge in [-0.2, -0.15) is 5.10 Å². The Labute approximate surface area is 138 Å². The van der Waals surface area contributed by atoms with Crippen LogP contribution in [0, 0.1) is 0 Å². The maximum atomic E-state index is 11.9. The first-order valence-corrected chi connectivity index (χ1v) is 7.62. The van der Waals surface area contributed by atoms with Crippen molar-refractivity contribution in [2.45, 2.75) is 13.0 Å². The molecule has 0 aliphatic carbocycles. The van der Waals surface area contributed by atoms with Crippen LogP contribution in [-0.4, -0.2) is 29.0 Å². The Kier molecular flexibility index (Phi) is 4.57. The molecule has 1 aromatic heterocycles. The molecule has 7 nitrogen and oxygen atoms in total. The van der Waals surface area contributed by atoms with E-state index in [1.54, 1.807) is 30.1 Å². The molecule has 2 amide bonds. The molecule has 0 fully saturated rings. The highest BCUT2D eigenvalue weighted by molar-refractivity contribution is 6.32. The van der Waals surface area contributed by atoms with Crippen molar-refractivity contribution in [2.75, 3.05) is 18.5 Å². The van der Waals surface area contributed by atoms with E-state index in [4.69, 9.17) is 21.1 Å². The van der Waals surface area contributed by atoms with Crippen LogP contribution in [0.1, 0.15) is 12.0 Å². The SMILES string of the molecule is Cn1nccc1NC(=O)NCc1cc(Cl)c2c(c1)OCCCO2. The van der Waals surface area contributed by atoms with Crippen LogP contribution in [0.2, 0.25) is 5.02 Å². The summed E-state index contributed by atoms with van der Waals surface area (Å²) in [4.78, 5) is 11.9. The largest absolute Gasteiger partial charge is 0.489 e. The minimum Gasteiger partial charge on any atom is -0.489 e. The van der Waals surface area contributed by atoms with Crippen LogP contribution < -0.4 is 20.1 Å². The molecule has 0 saturated heterocycles. The molecular formula is C15H17ClN4O3. The monoisotopic (exact) mass is 336 g/mol. The minimum absolute atomic E-state index is 0.319. The van der Waals surface area contributed by atoms with Crippen molar-refractivity contribution >= 4 is 23.4 Å². The standard InChI is InChI=1S/C15H17ClN4O3/c1-20-13(3-4-18-20)19-15(21)17-9-10-7-11(16)14-12(8-10)22-5-2-6-23-14/h3-4,7-8H,2,5-6,9H2,1H3,(H2,17,19,21). The third-order valence-corrected chi connectivity index (χ3v) is 3.66. The van der Waals surface area contributed by atoms with Crippen LogP contribution in [0.25, 0.3) is 0 Å². The number of halogens is 1. The number of hydrogen-bond donors (Lipinski definition) is 2. The van der Waals surface area contributed by atoms with E-state index in [9.17, 15) is 4.79 Å². The van der Waals surface area contributed by atoms with Gasteiger partial charge in [0, 0.05) is 26.1 Å². The Hall–Kier alpha value is -2.41. The van der Waals surface area contributed by atoms with Crippen LogP contribution in [0.4, 0.5) is 10.6 Å². The molecule has 1 aliphatic rings. The fourth-order valence-corrected chi connectivity index (χ4v) is 2.51. The van der Waals surface area contributed by atoms with Gasteiger partial charge in [-0.05, 0) is 17.7 Å². The third-order valence-electron chi connectivity index (χ3n) is 3.38. The number of aromatic nitrogens is 2. The Balaban J connectivity index is 1.64. The van der Waals surface area contributed by atoms with Gasteiger partial charge in [0.05, 0.1) is 24.4 Å². The first-order chi connectivity index (χ1) is 11.1. The highest BCUT2D eigenvalue weighted by Crippen LogP contribution is 2.37. The van der Waals surface area contributed by atoms with Gasteiger partial charge in [0.2, 0.25) is 0 Å². The summed E-state index contributed by atoms with van der Waals surface area (Å²) in [5.74, 6) is 1.78. The molecule has 0 spiro atoms. The number of hydrogen-bond acceptors (Lipinski definition) is 4. The first-order valence-electron chi connectivity index (χ1n) is 7.24. The summed E-state index contributed by atoms with van der Waals surface area (Å²) in [5.41, 5.74) is 0.833. The third kappa shape index (κ3) is 3.68. The van der Waals surface area contributed by atoms with Gasteiger partial charge in [-0.1, -0.05) is 11.6 Å². The first kappa shape index (κ1) is 15.5. The zero-order valence-electron chi connectivity index (χ0n) is 12.6. The van der Waals surface area contributed by atoms with E-state index in [0.29, 0.717) is 42.1 Å². The van der Waals surface area contributed by atoms with Crippen LogP contribution in [-0.2, 0) is 13.6 Å². The van der Waals surface area contributed by atoms with Gasteiger partial charge >= 0.3 is 6.03 Å². The summed E-state index contributed by atoms with van der Waals surface area (Å²) in [6.45, 7) is 1.48. The Morgan fingerprint density at radius 1 is 1.39 bits per heavy atom. The second kappa shape index (κ2) is 6.78. The number of ether oxygens (including phenoxy) is 2. The van der Waals surface area contributed by atoms with Gasteiger partial charge in [0.15, 0.2) is 11.5 Å². The average molecular weight is 337 g/mol. The zero-order valence-corrected chi connectivity index (χ0v) is 13.4. The van der Waals surface area contributed by atoms with E-state index >= 15 is 0 Å². The number of fused-ring (bicyclic) bond motifs is 1. The molecule has 0 unspecified atom stereocenters. The summed E-state index contributed by atoms with van der Waals surface area (Å²) in [6, 6.07) is 4.98. The number of nitrogens with one attached hydrogen (secondary N) is 2. The quantitative estimate of drug-likeness (QED) is 0.903. The van der Waals surface area contributed by atoms with Crippen LogP contribution in [0.5, 0.6) is 11.5 Å². The number of carbonyl (C=O) groups is 1. The van der Waals surface area contributed by atoms with Gasteiger partial charge in [0.1, 0.15) is 5.82 Å². The van der Waals surface area contributed by atoms with E-state index in [0.717, 1.165) is 12.0 Å². The van der Waals surface area contributed by atoms with Gasteiger partial charge in [-0.15, -0.1) is 0 Å². The fraction of sp³-hybridized carbons (Fsp3) is 0.333. The summed E-state index contributed by atoms with van der Waals surface area (Å²) < 4.78 is 12.8. The zero-order chi connectivity index (χ0) is 16.2. The van der Waals surface area contributed by atoms with Gasteiger partial charge < -0.3 is 14.8 Å². The lowest BCUT2D eigenvalue weighted by Crippen LogP contribution is -2.29. The number of amides is 2. The van der Waals surface area contributed by atoms with Crippen molar-refractivity contribution in [1.82, 2.24) is 15.1 Å². The van der Waals surface area contributed by atoms with Crippen molar-refractivity contribution < 1.29 is 14.3 Å². The van der Waals surface area contributed by atoms with Crippen molar-refractivity contribution in [3.63, 3.8) is 0 Å². The topological polar surface area (TPSA) is 77.4 Å². The normalized spacial score (nSPS) is 13.3. The molecule has 2 aromatic rings. The number of carbonyl (C=O) groups excluding carboxylic acids is 1. The van der Waals surface area contributed by atoms with E-state index < -0.39 is 0 Å². The molecule has 2 heterocycles. The molecule has 1 aliphatic heterocycles. The minimum atomic E-state index is -0.322. The lowest BCUT2D eigenvalue weighted by atomic mass is 10.2. The second-order valence-corrected chi connectivity index (χ2v) is 5.51. The predicted molar refractivity (Wildman–Crippen MR) is 86.1 cm³/mol. The molecule has 0 saturated carbocycles. The molecule has 3 rings (SSSR count). The summed E-state index contributed by atoms with van der Waals surface area (Å²) in [6.07, 6.45) is 2.42. The Bertz CT molecular complexity index is 717. The molecule has 0 bridgehead atoms. The Morgan fingerprint density at radius 2 is 2.22 bits per heavy atom. The fourth-order valence-electron chi connectivity index (χ4n) is 2.23. The summed E-state index contributed by atoms with van der Waals surface area (Å²) in [5, 5.41) is 9.94. The molecule has 0 radical (unpaired) electrons. The molecule has 122 valence electrons. The predicted octanol–water partition coefficient (Wildman–Crippen LogP) is 2.56. The van der Waals surface area contributed by atoms with Crippen molar-refractivity contribution in [3.8, 4) is 11.5 Å². The summed E-state index contributed by atoms with van der Waals surface area (Å²) >= 11 is 6.23. The van der Waals surface area contributed by atoms with Crippen molar-refractivity contribution in [3.05, 3.63) is 35.0 Å². The number of benzene rings is 1. The van der Waals surface area contributed by atoms with E-state index in [2.05, 4.69) is 15.7 Å². The van der Waals surface area contributed by atoms with Gasteiger partial charge in [-0.25, -0.2) is 4.79 Å². The smallest absolute Gasteiger partial charge is 0.320 e. The molecule has 1 aromatic carbocycles. The molecule has 2 N–H and O–H groups in total. The van der Waals surface area contributed by atoms with E-state index in [-0.39, 0.29) is 6.03 Å². The molecule has 8 heteroatoms. The lowest BCUT2D eigenvalue weighted by molar-refractivity contribution is 0.251. The maximum Gasteiger partial charge on any atom is 0.320 e. The van der Waals surface area contributed by atoms with Crippen LogP contribution >= 0.6 is 11.6 Å². The van der Waals surface area contributed by atoms with Crippen molar-refractivity contribution in [2.24, 2.45) is 7.05 Å². The molecular weight excluding hydrogens is 320 g/mol. The van der Waals surface area contributed by atoms with Crippen molar-refractivity contribution in [1.29, 1.82) is 0 Å². The second-order valence-electron chi connectivity index (χ2n) is 5.10. The molecule has 23 heavy (non-hydrogen) atoms. The van der Waals surface area contributed by atoms with E-state index in [1.165, 1.54) is 0 Å². The number of nitrogens with zero attached hydrogens (tertiary/aromatic N) is 2. The lowest BCUT2D eigenvalue weighted by Gasteiger charge is -2.12. The van der Waals surface area contributed by atoms with E-state index in [1.807, 2.05) is 6.07 Å². The van der Waals surface area contributed by atoms with Crippen LogP contribution in [0.3, 0.4) is 0 Å². The average Bonchev–Trinajstić information content (AvgIpc) is 2.78. The Morgan fingerprint density at radius 3 is 3.00 bits per heavy atom. The van der Waals surface area contributed by atoms with Gasteiger partial charge in [0.25, 0.3) is 0 Å². The number of rotatable bonds is 3. The maximum absolute atomic E-state index is 11.9. The van der Waals surface area contributed by atoms with Crippen LogP contribution in [0.15, 0.2) is 24.4 Å². The highest BCUT2D eigenvalue weighted by atomic mass is 35.5. The molecule has 0 atom stereocenters. The summed E-state index contributed by atoms with van der Waals surface area (Å²) in [7, 11) is 1.75. The number of aryl methyl sites for hydroxylation is 1.